The minimum atomic E-state index is -0.306. The predicted molar refractivity (Wildman–Crippen MR) is 81.0 cm³/mol. The highest BCUT2D eigenvalue weighted by Gasteiger charge is 2.13. The first-order valence-corrected chi connectivity index (χ1v) is 6.44. The van der Waals surface area contributed by atoms with E-state index in [-0.39, 0.29) is 11.2 Å². The molecule has 1 aromatic carbocycles. The maximum absolute atomic E-state index is 12.3. The first-order chi connectivity index (χ1) is 9.47. The molecule has 0 amide bonds. The molecular formula is C16H18N2O2. The minimum Gasteiger partial charge on any atom is -0.300 e. The topological polar surface area (TPSA) is 44.0 Å². The summed E-state index contributed by atoms with van der Waals surface area (Å²) in [6.07, 6.45) is 2.63. The first kappa shape index (κ1) is 14.1. The SMILES string of the molecule is C=CCc1ccc(-c2c(C)n(C)c(=O)n(C)c2=O)cc1. The van der Waals surface area contributed by atoms with Crippen molar-refractivity contribution >= 4 is 0 Å². The fourth-order valence-corrected chi connectivity index (χ4v) is 2.25. The third kappa shape index (κ3) is 2.25. The van der Waals surface area contributed by atoms with Crippen LogP contribution in [0.3, 0.4) is 0 Å². The summed E-state index contributed by atoms with van der Waals surface area (Å²) < 4.78 is 2.63. The summed E-state index contributed by atoms with van der Waals surface area (Å²) in [6, 6.07) is 7.77. The Morgan fingerprint density at radius 2 is 1.70 bits per heavy atom. The maximum Gasteiger partial charge on any atom is 0.330 e. The lowest BCUT2D eigenvalue weighted by Crippen LogP contribution is -2.39. The van der Waals surface area contributed by atoms with Crippen LogP contribution >= 0.6 is 0 Å². The third-order valence-corrected chi connectivity index (χ3v) is 3.58. The van der Waals surface area contributed by atoms with Crippen LogP contribution < -0.4 is 11.2 Å². The highest BCUT2D eigenvalue weighted by Crippen LogP contribution is 2.19. The van der Waals surface area contributed by atoms with Crippen molar-refractivity contribution in [2.75, 3.05) is 0 Å². The molecule has 0 saturated heterocycles. The van der Waals surface area contributed by atoms with Crippen LogP contribution in [-0.2, 0) is 20.5 Å². The molecule has 1 aromatic heterocycles. The Labute approximate surface area is 117 Å². The quantitative estimate of drug-likeness (QED) is 0.798. The van der Waals surface area contributed by atoms with Gasteiger partial charge >= 0.3 is 5.69 Å². The van der Waals surface area contributed by atoms with E-state index in [1.807, 2.05) is 30.3 Å². The zero-order valence-corrected chi connectivity index (χ0v) is 12.0. The van der Waals surface area contributed by atoms with Gasteiger partial charge in [0.2, 0.25) is 0 Å². The second-order valence-electron chi connectivity index (χ2n) is 4.86. The fraction of sp³-hybridized carbons (Fsp3) is 0.250. The van der Waals surface area contributed by atoms with Crippen molar-refractivity contribution in [1.29, 1.82) is 0 Å². The van der Waals surface area contributed by atoms with E-state index in [0.717, 1.165) is 22.1 Å². The average Bonchev–Trinajstić information content (AvgIpc) is 2.45. The van der Waals surface area contributed by atoms with Crippen LogP contribution in [0.4, 0.5) is 0 Å². The Kier molecular flexibility index (Phi) is 3.74. The van der Waals surface area contributed by atoms with E-state index in [1.54, 1.807) is 14.0 Å². The van der Waals surface area contributed by atoms with Gasteiger partial charge in [0.15, 0.2) is 0 Å². The zero-order chi connectivity index (χ0) is 14.9. The molecule has 0 spiro atoms. The summed E-state index contributed by atoms with van der Waals surface area (Å²) >= 11 is 0. The number of hydrogen-bond acceptors (Lipinski definition) is 2. The minimum absolute atomic E-state index is 0.262. The largest absolute Gasteiger partial charge is 0.330 e. The van der Waals surface area contributed by atoms with Crippen molar-refractivity contribution in [2.45, 2.75) is 13.3 Å². The molecule has 0 bridgehead atoms. The number of benzene rings is 1. The number of allylic oxidation sites excluding steroid dienone is 1. The van der Waals surface area contributed by atoms with Gasteiger partial charge in [-0.15, -0.1) is 6.58 Å². The van der Waals surface area contributed by atoms with Crippen LogP contribution in [0.5, 0.6) is 0 Å². The molecule has 0 aliphatic heterocycles. The van der Waals surface area contributed by atoms with E-state index in [4.69, 9.17) is 0 Å². The van der Waals surface area contributed by atoms with E-state index in [2.05, 4.69) is 6.58 Å². The molecule has 2 rings (SSSR count). The summed E-state index contributed by atoms with van der Waals surface area (Å²) in [5.74, 6) is 0. The third-order valence-electron chi connectivity index (χ3n) is 3.58. The van der Waals surface area contributed by atoms with Gasteiger partial charge in [-0.05, 0) is 24.5 Å². The van der Waals surface area contributed by atoms with E-state index in [9.17, 15) is 9.59 Å². The van der Waals surface area contributed by atoms with Crippen molar-refractivity contribution in [1.82, 2.24) is 9.13 Å². The van der Waals surface area contributed by atoms with Crippen molar-refractivity contribution in [3.05, 3.63) is 69.0 Å². The monoisotopic (exact) mass is 270 g/mol. The predicted octanol–water partition coefficient (Wildman–Crippen LogP) is 1.79. The fourth-order valence-electron chi connectivity index (χ4n) is 2.25. The van der Waals surface area contributed by atoms with Crippen LogP contribution in [0.15, 0.2) is 46.5 Å². The summed E-state index contributed by atoms with van der Waals surface area (Å²) in [5.41, 5.74) is 2.64. The number of rotatable bonds is 3. The molecule has 4 nitrogen and oxygen atoms in total. The number of hydrogen-bond donors (Lipinski definition) is 0. The summed E-state index contributed by atoms with van der Waals surface area (Å²) in [6.45, 7) is 5.49. The van der Waals surface area contributed by atoms with Crippen LogP contribution in [0.1, 0.15) is 11.3 Å². The second kappa shape index (κ2) is 5.33. The van der Waals surface area contributed by atoms with E-state index in [0.29, 0.717) is 11.3 Å². The van der Waals surface area contributed by atoms with E-state index >= 15 is 0 Å². The van der Waals surface area contributed by atoms with Gasteiger partial charge in [0.05, 0.1) is 5.56 Å². The van der Waals surface area contributed by atoms with Crippen molar-refractivity contribution in [2.24, 2.45) is 14.1 Å². The van der Waals surface area contributed by atoms with Gasteiger partial charge in [0, 0.05) is 19.8 Å². The lowest BCUT2D eigenvalue weighted by Gasteiger charge is -2.12. The van der Waals surface area contributed by atoms with Gasteiger partial charge in [-0.2, -0.15) is 0 Å². The van der Waals surface area contributed by atoms with Crippen LogP contribution in [0.2, 0.25) is 0 Å². The smallest absolute Gasteiger partial charge is 0.300 e. The number of nitrogens with zero attached hydrogens (tertiary/aromatic N) is 2. The molecule has 20 heavy (non-hydrogen) atoms. The van der Waals surface area contributed by atoms with Gasteiger partial charge in [-0.25, -0.2) is 4.79 Å². The van der Waals surface area contributed by atoms with E-state index in [1.165, 1.54) is 11.6 Å². The molecule has 0 aliphatic rings. The second-order valence-corrected chi connectivity index (χ2v) is 4.86. The normalized spacial score (nSPS) is 10.6. The highest BCUT2D eigenvalue weighted by molar-refractivity contribution is 5.65. The molecule has 0 fully saturated rings. The molecule has 0 radical (unpaired) electrons. The molecule has 0 aliphatic carbocycles. The zero-order valence-electron chi connectivity index (χ0n) is 12.0. The van der Waals surface area contributed by atoms with Gasteiger partial charge in [0.1, 0.15) is 0 Å². The van der Waals surface area contributed by atoms with Crippen molar-refractivity contribution in [3.8, 4) is 11.1 Å². The van der Waals surface area contributed by atoms with Gasteiger partial charge in [-0.3, -0.25) is 9.36 Å². The molecule has 1 heterocycles. The highest BCUT2D eigenvalue weighted by atomic mass is 16.2. The lowest BCUT2D eigenvalue weighted by atomic mass is 10.0. The van der Waals surface area contributed by atoms with E-state index < -0.39 is 0 Å². The molecule has 0 N–H and O–H groups in total. The Balaban J connectivity index is 2.67. The molecule has 0 unspecified atom stereocenters. The average molecular weight is 270 g/mol. The Morgan fingerprint density at radius 1 is 1.10 bits per heavy atom. The molecular weight excluding hydrogens is 252 g/mol. The van der Waals surface area contributed by atoms with Gasteiger partial charge in [0.25, 0.3) is 5.56 Å². The van der Waals surface area contributed by atoms with Gasteiger partial charge in [-0.1, -0.05) is 30.3 Å². The Morgan fingerprint density at radius 3 is 2.25 bits per heavy atom. The molecule has 0 atom stereocenters. The summed E-state index contributed by atoms with van der Waals surface area (Å²) in [7, 11) is 3.17. The standard InChI is InChI=1S/C16H18N2O2/c1-5-6-12-7-9-13(10-8-12)14-11(2)17(3)16(20)18(4)15(14)19/h5,7-10H,1,6H2,2-4H3. The Bertz CT molecular complexity index is 765. The molecule has 0 saturated carbocycles. The van der Waals surface area contributed by atoms with Gasteiger partial charge < -0.3 is 4.57 Å². The van der Waals surface area contributed by atoms with Crippen molar-refractivity contribution in [3.63, 3.8) is 0 Å². The first-order valence-electron chi connectivity index (χ1n) is 6.44. The van der Waals surface area contributed by atoms with Crippen LogP contribution in [0.25, 0.3) is 11.1 Å². The van der Waals surface area contributed by atoms with Crippen LogP contribution in [0, 0.1) is 6.92 Å². The Hall–Kier alpha value is -2.36. The van der Waals surface area contributed by atoms with Crippen LogP contribution in [-0.4, -0.2) is 9.13 Å². The molecule has 4 heteroatoms. The molecule has 2 aromatic rings. The molecule has 104 valence electrons. The maximum atomic E-state index is 12.3. The lowest BCUT2D eigenvalue weighted by molar-refractivity contribution is 0.671. The van der Waals surface area contributed by atoms with Crippen molar-refractivity contribution < 1.29 is 0 Å². The summed E-state index contributed by atoms with van der Waals surface area (Å²) in [4.78, 5) is 24.2. The summed E-state index contributed by atoms with van der Waals surface area (Å²) in [5, 5.41) is 0. The number of aromatic nitrogens is 2.